The van der Waals surface area contributed by atoms with Crippen molar-refractivity contribution in [2.24, 2.45) is 5.92 Å². The molecule has 2 N–H and O–H groups in total. The predicted octanol–water partition coefficient (Wildman–Crippen LogP) is 4.77. The Hall–Kier alpha value is -3.31. The summed E-state index contributed by atoms with van der Waals surface area (Å²) >= 11 is 5.88. The number of aryl methyl sites for hydroxylation is 1. The van der Waals surface area contributed by atoms with Crippen molar-refractivity contribution in [1.82, 2.24) is 5.32 Å². The molecule has 3 aromatic rings. The summed E-state index contributed by atoms with van der Waals surface area (Å²) in [4.78, 5) is 25.2. The number of anilines is 1. The number of rotatable bonds is 5. The van der Waals surface area contributed by atoms with E-state index in [-0.39, 0.29) is 17.7 Å². The fourth-order valence-electron chi connectivity index (χ4n) is 3.58. The second kappa shape index (κ2) is 9.23. The van der Waals surface area contributed by atoms with Crippen LogP contribution >= 0.6 is 11.6 Å². The minimum Gasteiger partial charge on any atom is -0.492 e. The number of hydrogen-bond donors (Lipinski definition) is 2. The normalized spacial score (nSPS) is 14.8. The van der Waals surface area contributed by atoms with Crippen LogP contribution in [0, 0.1) is 12.8 Å². The van der Waals surface area contributed by atoms with Crippen molar-refractivity contribution in [2.45, 2.75) is 19.9 Å². The largest absolute Gasteiger partial charge is 0.492 e. The number of fused-ring (bicyclic) bond motifs is 1. The fourth-order valence-corrected chi connectivity index (χ4v) is 3.71. The molecule has 0 aromatic heterocycles. The summed E-state index contributed by atoms with van der Waals surface area (Å²) in [5.41, 5.74) is 4.32. The average Bonchev–Trinajstić information content (AvgIpc) is 2.78. The van der Waals surface area contributed by atoms with Gasteiger partial charge >= 0.3 is 0 Å². The topological polar surface area (TPSA) is 67.4 Å². The first-order valence-corrected chi connectivity index (χ1v) is 10.5. The lowest BCUT2D eigenvalue weighted by Crippen LogP contribution is -2.37. The van der Waals surface area contributed by atoms with E-state index >= 15 is 0 Å². The Bertz CT molecular complexity index is 1110. The number of hydrogen-bond acceptors (Lipinski definition) is 3. The summed E-state index contributed by atoms with van der Waals surface area (Å²) in [6, 6.07) is 20.2. The molecule has 5 nitrogen and oxygen atoms in total. The summed E-state index contributed by atoms with van der Waals surface area (Å²) in [7, 11) is 0. The monoisotopic (exact) mass is 434 g/mol. The molecule has 0 saturated carbocycles. The van der Waals surface area contributed by atoms with Gasteiger partial charge < -0.3 is 15.4 Å². The minimum atomic E-state index is -0.279. The molecule has 0 aliphatic carbocycles. The lowest BCUT2D eigenvalue weighted by Gasteiger charge is -2.25. The van der Waals surface area contributed by atoms with Gasteiger partial charge in [-0.3, -0.25) is 9.59 Å². The molecule has 3 aromatic carbocycles. The fraction of sp³-hybridized carbons (Fsp3) is 0.200. The molecule has 4 rings (SSSR count). The third kappa shape index (κ3) is 5.06. The van der Waals surface area contributed by atoms with E-state index in [1.54, 1.807) is 30.3 Å². The van der Waals surface area contributed by atoms with Gasteiger partial charge in [0.15, 0.2) is 0 Å². The highest BCUT2D eigenvalue weighted by Gasteiger charge is 2.26. The van der Waals surface area contributed by atoms with Crippen molar-refractivity contribution >= 4 is 29.1 Å². The van der Waals surface area contributed by atoms with E-state index in [1.165, 1.54) is 0 Å². The Morgan fingerprint density at radius 3 is 2.61 bits per heavy atom. The first-order chi connectivity index (χ1) is 15.0. The third-order valence-electron chi connectivity index (χ3n) is 5.42. The van der Waals surface area contributed by atoms with E-state index < -0.39 is 0 Å². The number of ether oxygens (including phenoxy) is 1. The highest BCUT2D eigenvalue weighted by atomic mass is 35.5. The van der Waals surface area contributed by atoms with Crippen LogP contribution in [0.5, 0.6) is 5.75 Å². The van der Waals surface area contributed by atoms with Crippen LogP contribution in [0.25, 0.3) is 0 Å². The van der Waals surface area contributed by atoms with Crippen molar-refractivity contribution in [3.63, 3.8) is 0 Å². The SMILES string of the molecule is Cc1ccccc1CNC(=O)C1COc2ccc(NC(=O)c3ccc(Cl)cc3)cc2C1. The second-order valence-corrected chi connectivity index (χ2v) is 8.08. The number of nitrogens with one attached hydrogen (secondary N) is 2. The molecule has 0 fully saturated rings. The number of carbonyl (C=O) groups is 2. The molecule has 1 aliphatic heterocycles. The lowest BCUT2D eigenvalue weighted by atomic mass is 9.95. The van der Waals surface area contributed by atoms with Crippen LogP contribution in [0.3, 0.4) is 0 Å². The van der Waals surface area contributed by atoms with Crippen molar-refractivity contribution < 1.29 is 14.3 Å². The van der Waals surface area contributed by atoms with E-state index in [9.17, 15) is 9.59 Å². The molecule has 1 heterocycles. The van der Waals surface area contributed by atoms with Crippen LogP contribution < -0.4 is 15.4 Å². The van der Waals surface area contributed by atoms with Crippen LogP contribution in [0.2, 0.25) is 5.02 Å². The molecule has 1 atom stereocenters. The van der Waals surface area contributed by atoms with E-state index in [0.717, 1.165) is 22.4 Å². The minimum absolute atomic E-state index is 0.0375. The summed E-state index contributed by atoms with van der Waals surface area (Å²) in [6.45, 7) is 2.86. The van der Waals surface area contributed by atoms with Gasteiger partial charge in [-0.2, -0.15) is 0 Å². The Labute approximate surface area is 186 Å². The number of carbonyl (C=O) groups excluding carboxylic acids is 2. The Kier molecular flexibility index (Phi) is 6.23. The van der Waals surface area contributed by atoms with Gasteiger partial charge in [0.2, 0.25) is 5.91 Å². The summed E-state index contributed by atoms with van der Waals surface area (Å²) < 4.78 is 5.80. The standard InChI is InChI=1S/C25H23ClN2O3/c1-16-4-2-3-5-18(16)14-27-24(29)20-12-19-13-22(10-11-23(19)31-15-20)28-25(30)17-6-8-21(26)9-7-17/h2-11,13,20H,12,14-15H2,1H3,(H,27,29)(H,28,30). The summed E-state index contributed by atoms with van der Waals surface area (Å²) in [5.74, 6) is 0.205. The van der Waals surface area contributed by atoms with E-state index in [4.69, 9.17) is 16.3 Å². The summed E-state index contributed by atoms with van der Waals surface area (Å²) in [6.07, 6.45) is 0.555. The summed E-state index contributed by atoms with van der Waals surface area (Å²) in [5, 5.41) is 6.48. The molecule has 0 spiro atoms. The molecule has 6 heteroatoms. The maximum Gasteiger partial charge on any atom is 0.255 e. The van der Waals surface area contributed by atoms with Gasteiger partial charge in [-0.15, -0.1) is 0 Å². The molecule has 1 aliphatic rings. The number of halogens is 1. The van der Waals surface area contributed by atoms with Crippen molar-refractivity contribution in [2.75, 3.05) is 11.9 Å². The zero-order chi connectivity index (χ0) is 21.8. The Morgan fingerprint density at radius 2 is 1.84 bits per heavy atom. The van der Waals surface area contributed by atoms with Gasteiger partial charge in [0.05, 0.1) is 5.92 Å². The zero-order valence-corrected chi connectivity index (χ0v) is 17.9. The van der Waals surface area contributed by atoms with Crippen LogP contribution in [0.4, 0.5) is 5.69 Å². The second-order valence-electron chi connectivity index (χ2n) is 7.64. The number of amides is 2. The Balaban J connectivity index is 1.40. The maximum atomic E-state index is 12.7. The molecule has 1 unspecified atom stereocenters. The molecule has 0 saturated heterocycles. The highest BCUT2D eigenvalue weighted by Crippen LogP contribution is 2.30. The van der Waals surface area contributed by atoms with Gasteiger partial charge in [0, 0.05) is 22.8 Å². The first-order valence-electron chi connectivity index (χ1n) is 10.1. The molecule has 0 radical (unpaired) electrons. The molecular formula is C25H23ClN2O3. The van der Waals surface area contributed by atoms with E-state index in [1.807, 2.05) is 43.3 Å². The zero-order valence-electron chi connectivity index (χ0n) is 17.2. The predicted molar refractivity (Wildman–Crippen MR) is 122 cm³/mol. The van der Waals surface area contributed by atoms with Gasteiger partial charge in [-0.1, -0.05) is 35.9 Å². The van der Waals surface area contributed by atoms with Crippen LogP contribution in [-0.2, 0) is 17.8 Å². The third-order valence-corrected chi connectivity index (χ3v) is 5.67. The van der Waals surface area contributed by atoms with Crippen LogP contribution in [-0.4, -0.2) is 18.4 Å². The van der Waals surface area contributed by atoms with E-state index in [0.29, 0.717) is 35.8 Å². The average molecular weight is 435 g/mol. The van der Waals surface area contributed by atoms with Crippen LogP contribution in [0.15, 0.2) is 66.7 Å². The van der Waals surface area contributed by atoms with Crippen molar-refractivity contribution in [3.8, 4) is 5.75 Å². The highest BCUT2D eigenvalue weighted by molar-refractivity contribution is 6.30. The Morgan fingerprint density at radius 1 is 1.06 bits per heavy atom. The smallest absolute Gasteiger partial charge is 0.255 e. The molecule has 158 valence electrons. The lowest BCUT2D eigenvalue weighted by molar-refractivity contribution is -0.126. The van der Waals surface area contributed by atoms with Gasteiger partial charge in [0.1, 0.15) is 12.4 Å². The van der Waals surface area contributed by atoms with Gasteiger partial charge in [-0.25, -0.2) is 0 Å². The van der Waals surface area contributed by atoms with Gasteiger partial charge in [0.25, 0.3) is 5.91 Å². The molecule has 31 heavy (non-hydrogen) atoms. The van der Waals surface area contributed by atoms with Crippen molar-refractivity contribution in [3.05, 3.63) is 94.0 Å². The molecular weight excluding hydrogens is 412 g/mol. The van der Waals surface area contributed by atoms with Crippen LogP contribution in [0.1, 0.15) is 27.0 Å². The quantitative estimate of drug-likeness (QED) is 0.608. The van der Waals surface area contributed by atoms with Gasteiger partial charge in [-0.05, 0) is 72.5 Å². The molecule has 0 bridgehead atoms. The van der Waals surface area contributed by atoms with E-state index in [2.05, 4.69) is 10.6 Å². The van der Waals surface area contributed by atoms with Crippen molar-refractivity contribution in [1.29, 1.82) is 0 Å². The molecule has 2 amide bonds. The first kappa shape index (κ1) is 20.9. The maximum absolute atomic E-state index is 12.7. The number of benzene rings is 3.